The van der Waals surface area contributed by atoms with E-state index in [4.69, 9.17) is 0 Å². The number of amides is 1. The van der Waals surface area contributed by atoms with Gasteiger partial charge >= 0.3 is 0 Å². The van der Waals surface area contributed by atoms with Crippen LogP contribution in [-0.2, 0) is 13.0 Å². The van der Waals surface area contributed by atoms with Gasteiger partial charge in [-0.05, 0) is 41.3 Å². The largest absolute Gasteiger partial charge is 0.345 e. The van der Waals surface area contributed by atoms with E-state index in [0.717, 1.165) is 16.7 Å². The van der Waals surface area contributed by atoms with Crippen molar-refractivity contribution in [2.24, 2.45) is 0 Å². The Morgan fingerprint density at radius 1 is 0.926 bits per heavy atom. The first kappa shape index (κ1) is 16.9. The molecule has 5 nitrogen and oxygen atoms in total. The average molecular weight is 360 g/mol. The first-order chi connectivity index (χ1) is 13.2. The number of halogens is 1. The van der Waals surface area contributed by atoms with Gasteiger partial charge in [0.05, 0.1) is 0 Å². The van der Waals surface area contributed by atoms with Crippen LogP contribution in [0.3, 0.4) is 0 Å². The Labute approximate surface area is 155 Å². The summed E-state index contributed by atoms with van der Waals surface area (Å²) in [6.07, 6.45) is 2.48. The van der Waals surface area contributed by atoms with Gasteiger partial charge in [0.2, 0.25) is 5.82 Å². The number of nitrogens with zero attached hydrogens (tertiary/aromatic N) is 3. The fourth-order valence-corrected chi connectivity index (χ4v) is 2.82. The van der Waals surface area contributed by atoms with E-state index in [0.29, 0.717) is 18.6 Å². The number of aromatic nitrogens is 3. The third kappa shape index (κ3) is 4.00. The molecule has 2 aromatic carbocycles. The summed E-state index contributed by atoms with van der Waals surface area (Å²) < 4.78 is 14.6. The van der Waals surface area contributed by atoms with Crippen LogP contribution in [0.4, 0.5) is 4.39 Å². The Balaban J connectivity index is 1.48. The van der Waals surface area contributed by atoms with E-state index in [1.54, 1.807) is 16.6 Å². The van der Waals surface area contributed by atoms with Gasteiger partial charge in [-0.1, -0.05) is 48.5 Å². The molecule has 4 rings (SSSR count). The molecule has 0 aliphatic carbocycles. The van der Waals surface area contributed by atoms with Crippen molar-refractivity contribution < 1.29 is 9.18 Å². The Morgan fingerprint density at radius 3 is 2.44 bits per heavy atom. The molecular formula is C21H17FN4O. The normalized spacial score (nSPS) is 10.9. The van der Waals surface area contributed by atoms with E-state index >= 15 is 0 Å². The Bertz CT molecular complexity index is 1070. The molecule has 0 saturated carbocycles. The highest BCUT2D eigenvalue weighted by molar-refractivity contribution is 5.90. The standard InChI is InChI=1S/C21H17FN4O/c22-18-9-6-15(7-10-18)12-17-8-11-19-24-20(25-26(19)14-17)21(27)23-13-16-4-2-1-3-5-16/h1-11,14H,12-13H2,(H,23,27). The lowest BCUT2D eigenvalue weighted by atomic mass is 10.1. The van der Waals surface area contributed by atoms with E-state index in [1.165, 1.54) is 12.1 Å². The summed E-state index contributed by atoms with van der Waals surface area (Å²) in [4.78, 5) is 16.6. The Kier molecular flexibility index (Phi) is 4.61. The first-order valence-corrected chi connectivity index (χ1v) is 8.59. The van der Waals surface area contributed by atoms with Crippen LogP contribution in [0.2, 0.25) is 0 Å². The molecular weight excluding hydrogens is 343 g/mol. The van der Waals surface area contributed by atoms with Crippen molar-refractivity contribution in [2.75, 3.05) is 0 Å². The molecule has 2 heterocycles. The van der Waals surface area contributed by atoms with Gasteiger partial charge in [0.15, 0.2) is 5.65 Å². The van der Waals surface area contributed by atoms with Crippen LogP contribution in [0.1, 0.15) is 27.3 Å². The van der Waals surface area contributed by atoms with Gasteiger partial charge < -0.3 is 5.32 Å². The van der Waals surface area contributed by atoms with Gasteiger partial charge in [-0.15, -0.1) is 5.10 Å². The van der Waals surface area contributed by atoms with Crippen LogP contribution in [0.5, 0.6) is 0 Å². The van der Waals surface area contributed by atoms with E-state index < -0.39 is 0 Å². The number of carbonyl (C=O) groups excluding carboxylic acids is 1. The van der Waals surface area contributed by atoms with Crippen molar-refractivity contribution in [2.45, 2.75) is 13.0 Å². The van der Waals surface area contributed by atoms with Gasteiger partial charge in [-0.3, -0.25) is 4.79 Å². The Hall–Kier alpha value is -3.54. The van der Waals surface area contributed by atoms with E-state index in [-0.39, 0.29) is 17.5 Å². The maximum Gasteiger partial charge on any atom is 0.291 e. The number of pyridine rings is 1. The zero-order valence-electron chi connectivity index (χ0n) is 14.5. The van der Waals surface area contributed by atoms with Gasteiger partial charge in [0.25, 0.3) is 5.91 Å². The quantitative estimate of drug-likeness (QED) is 0.593. The maximum atomic E-state index is 13.0. The van der Waals surface area contributed by atoms with Crippen LogP contribution in [-0.4, -0.2) is 20.5 Å². The van der Waals surface area contributed by atoms with E-state index in [1.807, 2.05) is 48.7 Å². The van der Waals surface area contributed by atoms with Crippen LogP contribution >= 0.6 is 0 Å². The second-order valence-corrected chi connectivity index (χ2v) is 6.25. The minimum Gasteiger partial charge on any atom is -0.345 e. The minimum absolute atomic E-state index is 0.130. The third-order valence-electron chi connectivity index (χ3n) is 4.21. The van der Waals surface area contributed by atoms with Crippen LogP contribution in [0.15, 0.2) is 72.9 Å². The SMILES string of the molecule is O=C(NCc1ccccc1)c1nc2ccc(Cc3ccc(F)cc3)cn2n1. The summed E-state index contributed by atoms with van der Waals surface area (Å²) in [5.74, 6) is -0.441. The molecule has 134 valence electrons. The molecule has 0 bridgehead atoms. The predicted molar refractivity (Wildman–Crippen MR) is 99.8 cm³/mol. The van der Waals surface area contributed by atoms with Crippen molar-refractivity contribution in [3.05, 3.63) is 101 Å². The smallest absolute Gasteiger partial charge is 0.291 e. The van der Waals surface area contributed by atoms with Crippen LogP contribution < -0.4 is 5.32 Å². The fraction of sp³-hybridized carbons (Fsp3) is 0.0952. The monoisotopic (exact) mass is 360 g/mol. The summed E-state index contributed by atoms with van der Waals surface area (Å²) >= 11 is 0. The molecule has 0 aliphatic heterocycles. The molecule has 1 amide bonds. The zero-order valence-corrected chi connectivity index (χ0v) is 14.5. The van der Waals surface area contributed by atoms with Crippen molar-refractivity contribution in [3.63, 3.8) is 0 Å². The lowest BCUT2D eigenvalue weighted by molar-refractivity contribution is 0.0940. The second kappa shape index (κ2) is 7.37. The third-order valence-corrected chi connectivity index (χ3v) is 4.21. The van der Waals surface area contributed by atoms with Crippen LogP contribution in [0, 0.1) is 5.82 Å². The topological polar surface area (TPSA) is 59.3 Å². The summed E-state index contributed by atoms with van der Waals surface area (Å²) in [6, 6.07) is 19.8. The lowest BCUT2D eigenvalue weighted by Gasteiger charge is -2.02. The lowest BCUT2D eigenvalue weighted by Crippen LogP contribution is -2.24. The number of nitrogens with one attached hydrogen (secondary N) is 1. The summed E-state index contributed by atoms with van der Waals surface area (Å²) in [6.45, 7) is 0.422. The number of hydrogen-bond acceptors (Lipinski definition) is 3. The van der Waals surface area contributed by atoms with Crippen LogP contribution in [0.25, 0.3) is 5.65 Å². The summed E-state index contributed by atoms with van der Waals surface area (Å²) in [7, 11) is 0. The molecule has 27 heavy (non-hydrogen) atoms. The molecule has 0 radical (unpaired) electrons. The second-order valence-electron chi connectivity index (χ2n) is 6.25. The minimum atomic E-state index is -0.317. The fourth-order valence-electron chi connectivity index (χ4n) is 2.82. The zero-order chi connectivity index (χ0) is 18.6. The number of fused-ring (bicyclic) bond motifs is 1. The van der Waals surface area contributed by atoms with Gasteiger partial charge in [-0.2, -0.15) is 0 Å². The molecule has 2 aromatic heterocycles. The number of hydrogen-bond donors (Lipinski definition) is 1. The highest BCUT2D eigenvalue weighted by atomic mass is 19.1. The summed E-state index contributed by atoms with van der Waals surface area (Å²) in [5.41, 5.74) is 3.60. The average Bonchev–Trinajstić information content (AvgIpc) is 3.12. The van der Waals surface area contributed by atoms with E-state index in [2.05, 4.69) is 15.4 Å². The van der Waals surface area contributed by atoms with Crippen molar-refractivity contribution in [1.82, 2.24) is 19.9 Å². The molecule has 4 aromatic rings. The molecule has 0 spiro atoms. The first-order valence-electron chi connectivity index (χ1n) is 8.59. The van der Waals surface area contributed by atoms with E-state index in [9.17, 15) is 9.18 Å². The number of rotatable bonds is 5. The van der Waals surface area contributed by atoms with Gasteiger partial charge in [-0.25, -0.2) is 13.9 Å². The highest BCUT2D eigenvalue weighted by Gasteiger charge is 2.13. The highest BCUT2D eigenvalue weighted by Crippen LogP contribution is 2.12. The maximum absolute atomic E-state index is 13.0. The molecule has 0 aliphatic rings. The predicted octanol–water partition coefficient (Wildman–Crippen LogP) is 3.39. The van der Waals surface area contributed by atoms with Crippen molar-refractivity contribution in [1.29, 1.82) is 0 Å². The summed E-state index contributed by atoms with van der Waals surface area (Å²) in [5, 5.41) is 7.10. The number of carbonyl (C=O) groups is 1. The Morgan fingerprint density at radius 2 is 1.67 bits per heavy atom. The molecule has 0 atom stereocenters. The van der Waals surface area contributed by atoms with Crippen molar-refractivity contribution >= 4 is 11.6 Å². The molecule has 0 fully saturated rings. The molecule has 0 unspecified atom stereocenters. The van der Waals surface area contributed by atoms with Gasteiger partial charge in [0.1, 0.15) is 5.82 Å². The number of benzene rings is 2. The molecule has 1 N–H and O–H groups in total. The molecule has 6 heteroatoms. The molecule has 0 saturated heterocycles. The van der Waals surface area contributed by atoms with Crippen molar-refractivity contribution in [3.8, 4) is 0 Å². The van der Waals surface area contributed by atoms with Gasteiger partial charge in [0, 0.05) is 12.7 Å².